The highest BCUT2D eigenvalue weighted by molar-refractivity contribution is 5.95. The van der Waals surface area contributed by atoms with Gasteiger partial charge in [0.1, 0.15) is 5.60 Å². The Morgan fingerprint density at radius 3 is 2.43 bits per heavy atom. The molecule has 0 spiro atoms. The minimum Gasteiger partial charge on any atom is -0.478 e. The van der Waals surface area contributed by atoms with E-state index in [0.717, 1.165) is 5.56 Å². The van der Waals surface area contributed by atoms with Gasteiger partial charge in [-0.05, 0) is 38.5 Å². The maximum atomic E-state index is 12.3. The molecule has 1 aromatic rings. The zero-order valence-corrected chi connectivity index (χ0v) is 13.1. The molecule has 1 aliphatic rings. The molecule has 0 bridgehead atoms. The van der Waals surface area contributed by atoms with Gasteiger partial charge in [0.2, 0.25) is 0 Å². The summed E-state index contributed by atoms with van der Waals surface area (Å²) < 4.78 is 5.41. The fourth-order valence-electron chi connectivity index (χ4n) is 2.51. The minimum absolute atomic E-state index is 0.167. The third kappa shape index (κ3) is 3.01. The number of benzene rings is 1. The number of ether oxygens (including phenoxy) is 1. The average molecular weight is 291 g/mol. The summed E-state index contributed by atoms with van der Waals surface area (Å²) in [6.45, 7) is 9.94. The van der Waals surface area contributed by atoms with Gasteiger partial charge in [-0.1, -0.05) is 19.9 Å². The summed E-state index contributed by atoms with van der Waals surface area (Å²) >= 11 is 0. The van der Waals surface area contributed by atoms with Crippen molar-refractivity contribution in [1.82, 2.24) is 0 Å². The van der Waals surface area contributed by atoms with Crippen molar-refractivity contribution >= 4 is 17.7 Å². The van der Waals surface area contributed by atoms with Gasteiger partial charge in [0.05, 0.1) is 11.3 Å². The molecule has 5 heteroatoms. The van der Waals surface area contributed by atoms with Crippen LogP contribution in [0.3, 0.4) is 0 Å². The molecule has 5 nitrogen and oxygen atoms in total. The Hall–Kier alpha value is -2.04. The fraction of sp³-hybridized carbons (Fsp3) is 0.500. The lowest BCUT2D eigenvalue weighted by Crippen LogP contribution is -2.38. The van der Waals surface area contributed by atoms with Crippen molar-refractivity contribution in [2.75, 3.05) is 11.4 Å². The number of carboxylic acids is 1. The van der Waals surface area contributed by atoms with Gasteiger partial charge in [0.15, 0.2) is 0 Å². The monoisotopic (exact) mass is 291 g/mol. The summed E-state index contributed by atoms with van der Waals surface area (Å²) in [6, 6.07) is 4.89. The van der Waals surface area contributed by atoms with Crippen LogP contribution >= 0.6 is 0 Å². The molecule has 0 unspecified atom stereocenters. The van der Waals surface area contributed by atoms with E-state index in [2.05, 4.69) is 0 Å². The number of hydrogen-bond donors (Lipinski definition) is 1. The lowest BCUT2D eigenvalue weighted by molar-refractivity contribution is 0.0577. The molecule has 0 saturated heterocycles. The molecule has 0 saturated carbocycles. The molecular weight excluding hydrogens is 270 g/mol. The second kappa shape index (κ2) is 4.76. The van der Waals surface area contributed by atoms with Crippen LogP contribution < -0.4 is 4.90 Å². The van der Waals surface area contributed by atoms with Crippen LogP contribution in [0.1, 0.15) is 50.5 Å². The molecule has 1 aliphatic heterocycles. The molecule has 1 N–H and O–H groups in total. The standard InChI is InChI=1S/C16H21NO4/c1-15(2,3)21-14(20)17-9-16(4,5)11-7-6-10(13(18)19)8-12(11)17/h6-8H,9H2,1-5H3,(H,18,19). The highest BCUT2D eigenvalue weighted by atomic mass is 16.6. The van der Waals surface area contributed by atoms with Crippen molar-refractivity contribution in [2.45, 2.75) is 45.6 Å². The van der Waals surface area contributed by atoms with E-state index in [1.165, 1.54) is 11.0 Å². The van der Waals surface area contributed by atoms with E-state index in [1.807, 2.05) is 13.8 Å². The largest absolute Gasteiger partial charge is 0.478 e. The number of anilines is 1. The molecule has 1 heterocycles. The summed E-state index contributed by atoms with van der Waals surface area (Å²) in [6.07, 6.45) is -0.447. The van der Waals surface area contributed by atoms with Crippen LogP contribution in [0.4, 0.5) is 10.5 Å². The Balaban J connectivity index is 2.43. The lowest BCUT2D eigenvalue weighted by atomic mass is 9.86. The smallest absolute Gasteiger partial charge is 0.414 e. The van der Waals surface area contributed by atoms with Crippen LogP contribution in [-0.2, 0) is 10.2 Å². The summed E-state index contributed by atoms with van der Waals surface area (Å²) in [4.78, 5) is 25.0. The summed E-state index contributed by atoms with van der Waals surface area (Å²) in [7, 11) is 0. The second-order valence-corrected chi connectivity index (χ2v) is 6.99. The van der Waals surface area contributed by atoms with Gasteiger partial charge in [0, 0.05) is 12.0 Å². The van der Waals surface area contributed by atoms with Gasteiger partial charge in [-0.2, -0.15) is 0 Å². The Labute approximate surface area is 124 Å². The lowest BCUT2D eigenvalue weighted by Gasteiger charge is -2.26. The molecule has 2 rings (SSSR count). The number of fused-ring (bicyclic) bond motifs is 1. The van der Waals surface area contributed by atoms with E-state index >= 15 is 0 Å². The van der Waals surface area contributed by atoms with Crippen LogP contribution in [0.15, 0.2) is 18.2 Å². The number of hydrogen-bond acceptors (Lipinski definition) is 3. The quantitative estimate of drug-likeness (QED) is 0.861. The van der Waals surface area contributed by atoms with E-state index in [-0.39, 0.29) is 11.0 Å². The molecule has 0 aromatic heterocycles. The number of carboxylic acid groups (broad SMARTS) is 1. The average Bonchev–Trinajstić information content (AvgIpc) is 2.59. The third-order valence-electron chi connectivity index (χ3n) is 3.43. The Morgan fingerprint density at radius 2 is 1.90 bits per heavy atom. The van der Waals surface area contributed by atoms with Crippen molar-refractivity contribution in [3.05, 3.63) is 29.3 Å². The van der Waals surface area contributed by atoms with Crippen molar-refractivity contribution in [2.24, 2.45) is 0 Å². The summed E-state index contributed by atoms with van der Waals surface area (Å²) in [5.41, 5.74) is 0.921. The third-order valence-corrected chi connectivity index (χ3v) is 3.43. The van der Waals surface area contributed by atoms with Crippen molar-refractivity contribution < 1.29 is 19.4 Å². The molecule has 1 aromatic carbocycles. The SMILES string of the molecule is CC(C)(C)OC(=O)N1CC(C)(C)c2ccc(C(=O)O)cc21. The van der Waals surface area contributed by atoms with Gasteiger partial charge in [-0.25, -0.2) is 9.59 Å². The molecule has 0 fully saturated rings. The second-order valence-electron chi connectivity index (χ2n) is 6.99. The maximum Gasteiger partial charge on any atom is 0.414 e. The van der Waals surface area contributed by atoms with E-state index < -0.39 is 17.7 Å². The summed E-state index contributed by atoms with van der Waals surface area (Å²) in [5, 5.41) is 9.12. The molecule has 114 valence electrons. The van der Waals surface area contributed by atoms with Crippen LogP contribution in [0.5, 0.6) is 0 Å². The summed E-state index contributed by atoms with van der Waals surface area (Å²) in [5.74, 6) is -1.01. The first-order valence-corrected chi connectivity index (χ1v) is 6.90. The van der Waals surface area contributed by atoms with E-state index in [4.69, 9.17) is 9.84 Å². The van der Waals surface area contributed by atoms with Crippen LogP contribution in [0.25, 0.3) is 0 Å². The molecule has 1 amide bonds. The zero-order valence-electron chi connectivity index (χ0n) is 13.1. The Bertz CT molecular complexity index is 599. The van der Waals surface area contributed by atoms with Crippen molar-refractivity contribution in [3.63, 3.8) is 0 Å². The first-order valence-electron chi connectivity index (χ1n) is 6.90. The van der Waals surface area contributed by atoms with Gasteiger partial charge in [-0.3, -0.25) is 4.90 Å². The normalized spacial score (nSPS) is 16.5. The fourth-order valence-corrected chi connectivity index (χ4v) is 2.51. The number of aromatic carboxylic acids is 1. The van der Waals surface area contributed by atoms with E-state index in [1.54, 1.807) is 32.9 Å². The predicted octanol–water partition coefficient (Wildman–Crippen LogP) is 3.42. The molecule has 0 radical (unpaired) electrons. The number of amides is 1. The highest BCUT2D eigenvalue weighted by Gasteiger charge is 2.40. The molecule has 0 atom stereocenters. The first kappa shape index (κ1) is 15.4. The van der Waals surface area contributed by atoms with Crippen LogP contribution in [-0.4, -0.2) is 29.3 Å². The topological polar surface area (TPSA) is 66.8 Å². The van der Waals surface area contributed by atoms with E-state index in [9.17, 15) is 9.59 Å². The predicted molar refractivity (Wildman–Crippen MR) is 80.0 cm³/mol. The number of carbonyl (C=O) groups excluding carboxylic acids is 1. The Morgan fingerprint density at radius 1 is 1.29 bits per heavy atom. The van der Waals surface area contributed by atoms with Gasteiger partial charge in [0.25, 0.3) is 0 Å². The molecular formula is C16H21NO4. The number of rotatable bonds is 1. The number of nitrogens with zero attached hydrogens (tertiary/aromatic N) is 1. The highest BCUT2D eigenvalue weighted by Crippen LogP contribution is 2.41. The van der Waals surface area contributed by atoms with Crippen molar-refractivity contribution in [1.29, 1.82) is 0 Å². The van der Waals surface area contributed by atoms with Gasteiger partial charge >= 0.3 is 12.1 Å². The number of carbonyl (C=O) groups is 2. The first-order chi connectivity index (χ1) is 9.51. The minimum atomic E-state index is -1.01. The maximum absolute atomic E-state index is 12.3. The van der Waals surface area contributed by atoms with Gasteiger partial charge < -0.3 is 9.84 Å². The Kier molecular flexibility index (Phi) is 3.48. The van der Waals surface area contributed by atoms with Crippen LogP contribution in [0, 0.1) is 0 Å². The molecule has 21 heavy (non-hydrogen) atoms. The zero-order chi connectivity index (χ0) is 16.0. The van der Waals surface area contributed by atoms with Crippen molar-refractivity contribution in [3.8, 4) is 0 Å². The molecule has 0 aliphatic carbocycles. The van der Waals surface area contributed by atoms with E-state index in [0.29, 0.717) is 12.2 Å². The van der Waals surface area contributed by atoms with Gasteiger partial charge in [-0.15, -0.1) is 0 Å². The van der Waals surface area contributed by atoms with Crippen LogP contribution in [0.2, 0.25) is 0 Å².